The van der Waals surface area contributed by atoms with E-state index in [4.69, 9.17) is 9.15 Å². The number of anilines is 2. The Morgan fingerprint density at radius 1 is 1.10 bits per heavy atom. The third-order valence-electron chi connectivity index (χ3n) is 4.83. The molecule has 4 rings (SSSR count). The number of aryl methyl sites for hydroxylation is 1. The van der Waals surface area contributed by atoms with E-state index in [1.54, 1.807) is 30.5 Å². The predicted octanol–water partition coefficient (Wildman–Crippen LogP) is 5.92. The maximum Gasteiger partial charge on any atom is 0.299 e. The number of oxazole rings is 1. The van der Waals surface area contributed by atoms with E-state index in [2.05, 4.69) is 41.5 Å². The number of nitrogens with one attached hydrogen (secondary N) is 1. The number of benzene rings is 2. The largest absolute Gasteiger partial charge is 0.495 e. The van der Waals surface area contributed by atoms with Gasteiger partial charge in [0.2, 0.25) is 0 Å². The molecule has 0 aliphatic rings. The van der Waals surface area contributed by atoms with Crippen LogP contribution in [0.1, 0.15) is 11.8 Å². The predicted molar refractivity (Wildman–Crippen MR) is 124 cm³/mol. The first-order valence-corrected chi connectivity index (χ1v) is 12.2. The fraction of sp³-hybridized carbons (Fsp3) is 0.174. The second-order valence-electron chi connectivity index (χ2n) is 6.91. The molecule has 0 saturated heterocycles. The maximum absolute atomic E-state index is 12.2. The smallest absolute Gasteiger partial charge is 0.299 e. The molecule has 6 nitrogen and oxygen atoms in total. The van der Waals surface area contributed by atoms with Crippen molar-refractivity contribution in [2.75, 3.05) is 18.2 Å². The van der Waals surface area contributed by atoms with Gasteiger partial charge in [0.05, 0.1) is 29.6 Å². The summed E-state index contributed by atoms with van der Waals surface area (Å²) >= 11 is 1.74. The molecule has 4 aromatic rings. The Morgan fingerprint density at radius 3 is 2.61 bits per heavy atom. The average Bonchev–Trinajstić information content (AvgIpc) is 3.43. The normalized spacial score (nSPS) is 11.5. The van der Waals surface area contributed by atoms with Crippen molar-refractivity contribution < 1.29 is 17.6 Å². The lowest BCUT2D eigenvalue weighted by Gasteiger charge is -2.11. The van der Waals surface area contributed by atoms with Crippen molar-refractivity contribution in [2.24, 2.45) is 0 Å². The van der Waals surface area contributed by atoms with Crippen molar-refractivity contribution in [3.63, 3.8) is 0 Å². The molecule has 0 radical (unpaired) electrons. The first-order valence-electron chi connectivity index (χ1n) is 9.70. The molecule has 0 aliphatic heterocycles. The zero-order valence-corrected chi connectivity index (χ0v) is 19.0. The first kappa shape index (κ1) is 21.1. The van der Waals surface area contributed by atoms with Gasteiger partial charge in [-0.1, -0.05) is 25.1 Å². The zero-order valence-electron chi connectivity index (χ0n) is 17.4. The Labute approximate surface area is 185 Å². The van der Waals surface area contributed by atoms with Crippen LogP contribution in [0.4, 0.5) is 11.7 Å². The van der Waals surface area contributed by atoms with Crippen LogP contribution in [-0.2, 0) is 9.84 Å². The van der Waals surface area contributed by atoms with Gasteiger partial charge in [-0.05, 0) is 48.9 Å². The Balaban J connectivity index is 1.63. The Kier molecular flexibility index (Phi) is 5.84. The number of sulfone groups is 1. The van der Waals surface area contributed by atoms with Gasteiger partial charge >= 0.3 is 0 Å². The first-order chi connectivity index (χ1) is 14.9. The van der Waals surface area contributed by atoms with Gasteiger partial charge in [-0.15, -0.1) is 11.3 Å². The standard InChI is InChI=1S/C23H22N2O4S2/c1-4-31(26,27)18-9-10-20(28-3)19(13-18)25-23-24-14-21(29-23)16-6-5-7-17(12-16)22-11-8-15(2)30-22/h5-14H,4H2,1-3H3,(H,24,25). The Bertz CT molecular complexity index is 1320. The van der Waals surface area contributed by atoms with Crippen LogP contribution < -0.4 is 10.1 Å². The monoisotopic (exact) mass is 454 g/mol. The molecule has 0 aliphatic carbocycles. The van der Waals surface area contributed by atoms with Gasteiger partial charge in [0.1, 0.15) is 5.75 Å². The van der Waals surface area contributed by atoms with Crippen LogP contribution >= 0.6 is 11.3 Å². The second-order valence-corrected chi connectivity index (χ2v) is 10.5. The third-order valence-corrected chi connectivity index (χ3v) is 7.61. The molecule has 0 spiro atoms. The van der Waals surface area contributed by atoms with Crippen molar-refractivity contribution in [3.8, 4) is 27.5 Å². The summed E-state index contributed by atoms with van der Waals surface area (Å²) in [4.78, 5) is 6.96. The molecule has 0 bridgehead atoms. The van der Waals surface area contributed by atoms with E-state index in [1.165, 1.54) is 29.0 Å². The van der Waals surface area contributed by atoms with Crippen LogP contribution in [0.2, 0.25) is 0 Å². The van der Waals surface area contributed by atoms with Gasteiger partial charge < -0.3 is 14.5 Å². The summed E-state index contributed by atoms with van der Waals surface area (Å²) in [6.45, 7) is 3.69. The van der Waals surface area contributed by atoms with Crippen molar-refractivity contribution in [3.05, 3.63) is 65.7 Å². The van der Waals surface area contributed by atoms with Gasteiger partial charge in [0.15, 0.2) is 15.6 Å². The van der Waals surface area contributed by atoms with E-state index in [-0.39, 0.29) is 16.7 Å². The molecule has 2 aromatic heterocycles. The molecule has 1 N–H and O–H groups in total. The summed E-state index contributed by atoms with van der Waals surface area (Å²) < 4.78 is 35.7. The third kappa shape index (κ3) is 4.50. The molecular formula is C23H22N2O4S2. The minimum atomic E-state index is -3.35. The fourth-order valence-electron chi connectivity index (χ4n) is 3.14. The topological polar surface area (TPSA) is 81.4 Å². The van der Waals surface area contributed by atoms with E-state index >= 15 is 0 Å². The molecule has 31 heavy (non-hydrogen) atoms. The van der Waals surface area contributed by atoms with Gasteiger partial charge in [-0.2, -0.15) is 0 Å². The number of aromatic nitrogens is 1. The summed E-state index contributed by atoms with van der Waals surface area (Å²) in [5, 5.41) is 3.03. The Hall–Kier alpha value is -3.10. The number of nitrogens with zero attached hydrogens (tertiary/aromatic N) is 1. The Morgan fingerprint density at radius 2 is 1.90 bits per heavy atom. The van der Waals surface area contributed by atoms with Crippen molar-refractivity contribution in [1.29, 1.82) is 0 Å². The van der Waals surface area contributed by atoms with E-state index < -0.39 is 9.84 Å². The number of methoxy groups -OCH3 is 1. The summed E-state index contributed by atoms with van der Waals surface area (Å²) in [7, 11) is -1.83. The highest BCUT2D eigenvalue weighted by Crippen LogP contribution is 2.34. The highest BCUT2D eigenvalue weighted by Gasteiger charge is 2.16. The molecule has 2 aromatic carbocycles. The lowest BCUT2D eigenvalue weighted by molar-refractivity contribution is 0.416. The molecule has 0 unspecified atom stereocenters. The molecule has 0 saturated carbocycles. The van der Waals surface area contributed by atoms with Gasteiger partial charge in [-0.25, -0.2) is 13.4 Å². The highest BCUT2D eigenvalue weighted by molar-refractivity contribution is 7.91. The van der Waals surface area contributed by atoms with Gasteiger partial charge in [0.25, 0.3) is 6.01 Å². The van der Waals surface area contributed by atoms with E-state index in [0.29, 0.717) is 17.2 Å². The number of hydrogen-bond donors (Lipinski definition) is 1. The fourth-order valence-corrected chi connectivity index (χ4v) is 4.91. The van der Waals surface area contributed by atoms with Crippen LogP contribution in [0.5, 0.6) is 5.75 Å². The summed E-state index contributed by atoms with van der Waals surface area (Å²) in [5.41, 5.74) is 2.48. The molecule has 0 fully saturated rings. The molecular weight excluding hydrogens is 432 g/mol. The second kappa shape index (κ2) is 8.56. The summed E-state index contributed by atoms with van der Waals surface area (Å²) in [6.07, 6.45) is 1.64. The van der Waals surface area contributed by atoms with Gasteiger partial charge in [-0.3, -0.25) is 0 Å². The molecule has 0 amide bonds. The number of thiophene rings is 1. The van der Waals surface area contributed by atoms with Crippen molar-refractivity contribution >= 4 is 32.9 Å². The maximum atomic E-state index is 12.2. The minimum absolute atomic E-state index is 0.0159. The van der Waals surface area contributed by atoms with E-state index in [1.807, 2.05) is 12.1 Å². The molecule has 160 valence electrons. The van der Waals surface area contributed by atoms with E-state index in [0.717, 1.165) is 11.1 Å². The lowest BCUT2D eigenvalue weighted by Crippen LogP contribution is -2.05. The van der Waals surface area contributed by atoms with Gasteiger partial charge in [0, 0.05) is 15.3 Å². The number of rotatable bonds is 7. The zero-order chi connectivity index (χ0) is 22.0. The highest BCUT2D eigenvalue weighted by atomic mass is 32.2. The van der Waals surface area contributed by atoms with Crippen LogP contribution in [0.15, 0.2) is 70.1 Å². The average molecular weight is 455 g/mol. The van der Waals surface area contributed by atoms with Crippen LogP contribution in [0.25, 0.3) is 21.8 Å². The van der Waals surface area contributed by atoms with Crippen molar-refractivity contribution in [1.82, 2.24) is 4.98 Å². The molecule has 2 heterocycles. The minimum Gasteiger partial charge on any atom is -0.495 e. The summed E-state index contributed by atoms with van der Waals surface area (Å²) in [6, 6.07) is 17.2. The van der Waals surface area contributed by atoms with Crippen LogP contribution in [0, 0.1) is 6.92 Å². The van der Waals surface area contributed by atoms with Crippen LogP contribution in [-0.4, -0.2) is 26.3 Å². The molecule has 8 heteroatoms. The quantitative estimate of drug-likeness (QED) is 0.373. The summed E-state index contributed by atoms with van der Waals surface area (Å²) in [5.74, 6) is 1.11. The lowest BCUT2D eigenvalue weighted by atomic mass is 10.1. The van der Waals surface area contributed by atoms with E-state index in [9.17, 15) is 8.42 Å². The molecule has 0 atom stereocenters. The number of ether oxygens (including phenoxy) is 1. The van der Waals surface area contributed by atoms with Crippen molar-refractivity contribution in [2.45, 2.75) is 18.7 Å². The van der Waals surface area contributed by atoms with Crippen LogP contribution in [0.3, 0.4) is 0 Å². The number of hydrogen-bond acceptors (Lipinski definition) is 7. The SMILES string of the molecule is CCS(=O)(=O)c1ccc(OC)c(Nc2ncc(-c3cccc(-c4ccc(C)s4)c3)o2)c1.